The SMILES string of the molecule is Cc1csc(C(O)CCc2ccc3c(c2)CCO3)n1. The first-order valence-corrected chi connectivity index (χ1v) is 7.45. The van der Waals surface area contributed by atoms with Crippen molar-refractivity contribution in [3.63, 3.8) is 0 Å². The fourth-order valence-corrected chi connectivity index (χ4v) is 3.16. The topological polar surface area (TPSA) is 42.4 Å². The molecule has 1 aliphatic heterocycles. The molecule has 2 aromatic rings. The second-order valence-electron chi connectivity index (χ2n) is 4.92. The Labute approximate surface area is 116 Å². The zero-order chi connectivity index (χ0) is 13.2. The van der Waals surface area contributed by atoms with Gasteiger partial charge in [-0.3, -0.25) is 0 Å². The van der Waals surface area contributed by atoms with Gasteiger partial charge in [0.2, 0.25) is 0 Å². The van der Waals surface area contributed by atoms with E-state index in [0.717, 1.165) is 35.9 Å². The standard InChI is InChI=1S/C15H17NO2S/c1-10-9-19-15(16-10)13(17)4-2-11-3-5-14-12(8-11)6-7-18-14/h3,5,8-9,13,17H,2,4,6-7H2,1H3. The summed E-state index contributed by atoms with van der Waals surface area (Å²) in [5, 5.41) is 12.9. The van der Waals surface area contributed by atoms with Gasteiger partial charge in [0.1, 0.15) is 16.9 Å². The van der Waals surface area contributed by atoms with Gasteiger partial charge in [0.25, 0.3) is 0 Å². The number of thiazole rings is 1. The first-order chi connectivity index (χ1) is 9.22. The predicted octanol–water partition coefficient (Wildman–Crippen LogP) is 3.05. The molecule has 1 aliphatic rings. The third-order valence-electron chi connectivity index (χ3n) is 3.38. The second kappa shape index (κ2) is 5.31. The number of ether oxygens (including phenoxy) is 1. The Morgan fingerprint density at radius 1 is 1.47 bits per heavy atom. The van der Waals surface area contributed by atoms with Crippen LogP contribution in [0, 0.1) is 6.92 Å². The third-order valence-corrected chi connectivity index (χ3v) is 4.45. The summed E-state index contributed by atoms with van der Waals surface area (Å²) in [6, 6.07) is 6.32. The Kier molecular flexibility index (Phi) is 3.53. The number of aryl methyl sites for hydroxylation is 2. The van der Waals surface area contributed by atoms with Crippen LogP contribution in [0.5, 0.6) is 5.75 Å². The summed E-state index contributed by atoms with van der Waals surface area (Å²) in [5.41, 5.74) is 3.53. The van der Waals surface area contributed by atoms with Gasteiger partial charge in [0, 0.05) is 17.5 Å². The molecule has 0 amide bonds. The molecule has 100 valence electrons. The van der Waals surface area contributed by atoms with Crippen LogP contribution in [0.15, 0.2) is 23.6 Å². The molecule has 0 aliphatic carbocycles. The molecule has 0 spiro atoms. The van der Waals surface area contributed by atoms with Crippen LogP contribution in [0.2, 0.25) is 0 Å². The normalized spacial score (nSPS) is 15.1. The molecule has 4 heteroatoms. The minimum absolute atomic E-state index is 0.455. The summed E-state index contributed by atoms with van der Waals surface area (Å²) in [6.07, 6.45) is 2.13. The van der Waals surface area contributed by atoms with E-state index in [0.29, 0.717) is 6.42 Å². The molecule has 0 saturated heterocycles. The van der Waals surface area contributed by atoms with Crippen molar-refractivity contribution in [2.24, 2.45) is 0 Å². The van der Waals surface area contributed by atoms with Crippen molar-refractivity contribution in [2.75, 3.05) is 6.61 Å². The van der Waals surface area contributed by atoms with E-state index in [1.54, 1.807) is 0 Å². The van der Waals surface area contributed by atoms with E-state index in [2.05, 4.69) is 17.1 Å². The number of hydrogen-bond acceptors (Lipinski definition) is 4. The van der Waals surface area contributed by atoms with E-state index in [1.165, 1.54) is 22.5 Å². The Hall–Kier alpha value is -1.39. The Morgan fingerprint density at radius 2 is 2.37 bits per heavy atom. The average Bonchev–Trinajstić information content (AvgIpc) is 3.03. The monoisotopic (exact) mass is 275 g/mol. The minimum Gasteiger partial charge on any atom is -0.493 e. The summed E-state index contributed by atoms with van der Waals surface area (Å²) in [6.45, 7) is 2.74. The third kappa shape index (κ3) is 2.80. The maximum absolute atomic E-state index is 10.1. The number of nitrogens with zero attached hydrogens (tertiary/aromatic N) is 1. The first-order valence-electron chi connectivity index (χ1n) is 6.57. The number of hydrogen-bond donors (Lipinski definition) is 1. The van der Waals surface area contributed by atoms with Crippen LogP contribution in [-0.4, -0.2) is 16.7 Å². The smallest absolute Gasteiger partial charge is 0.122 e. The lowest BCUT2D eigenvalue weighted by Gasteiger charge is -2.08. The fraction of sp³-hybridized carbons (Fsp3) is 0.400. The van der Waals surface area contributed by atoms with Crippen LogP contribution >= 0.6 is 11.3 Å². The predicted molar refractivity (Wildman–Crippen MR) is 75.8 cm³/mol. The molecule has 0 saturated carbocycles. The van der Waals surface area contributed by atoms with Crippen LogP contribution in [-0.2, 0) is 12.8 Å². The molecule has 0 bridgehead atoms. The Bertz CT molecular complexity index is 579. The maximum atomic E-state index is 10.1. The summed E-state index contributed by atoms with van der Waals surface area (Å²) in [5.74, 6) is 1.01. The summed E-state index contributed by atoms with van der Waals surface area (Å²) >= 11 is 1.53. The molecular formula is C15H17NO2S. The van der Waals surface area contributed by atoms with Gasteiger partial charge in [-0.05, 0) is 37.0 Å². The van der Waals surface area contributed by atoms with Crippen molar-refractivity contribution >= 4 is 11.3 Å². The molecular weight excluding hydrogens is 258 g/mol. The highest BCUT2D eigenvalue weighted by atomic mass is 32.1. The van der Waals surface area contributed by atoms with Crippen molar-refractivity contribution in [1.82, 2.24) is 4.98 Å². The van der Waals surface area contributed by atoms with E-state index in [9.17, 15) is 5.11 Å². The summed E-state index contributed by atoms with van der Waals surface area (Å²) in [7, 11) is 0. The number of aliphatic hydroxyl groups excluding tert-OH is 1. The van der Waals surface area contributed by atoms with Crippen molar-refractivity contribution in [3.8, 4) is 5.75 Å². The zero-order valence-corrected chi connectivity index (χ0v) is 11.7. The fourth-order valence-electron chi connectivity index (χ4n) is 2.35. The molecule has 1 atom stereocenters. The van der Waals surface area contributed by atoms with Gasteiger partial charge in [-0.25, -0.2) is 4.98 Å². The highest BCUT2D eigenvalue weighted by molar-refractivity contribution is 7.09. The van der Waals surface area contributed by atoms with Crippen molar-refractivity contribution in [3.05, 3.63) is 45.4 Å². The lowest BCUT2D eigenvalue weighted by atomic mass is 10.0. The summed E-state index contributed by atoms with van der Waals surface area (Å²) in [4.78, 5) is 4.33. The number of benzene rings is 1. The first kappa shape index (κ1) is 12.6. The Morgan fingerprint density at radius 3 is 3.16 bits per heavy atom. The molecule has 3 rings (SSSR count). The summed E-state index contributed by atoms with van der Waals surface area (Å²) < 4.78 is 5.49. The van der Waals surface area contributed by atoms with Gasteiger partial charge >= 0.3 is 0 Å². The molecule has 1 aromatic carbocycles. The number of aliphatic hydroxyl groups is 1. The highest BCUT2D eigenvalue weighted by Crippen LogP contribution is 2.28. The van der Waals surface area contributed by atoms with Gasteiger partial charge in [-0.1, -0.05) is 12.1 Å². The molecule has 0 radical (unpaired) electrons. The van der Waals surface area contributed by atoms with Gasteiger partial charge in [-0.15, -0.1) is 11.3 Å². The number of fused-ring (bicyclic) bond motifs is 1. The van der Waals surface area contributed by atoms with E-state index in [4.69, 9.17) is 4.74 Å². The molecule has 1 aromatic heterocycles. The van der Waals surface area contributed by atoms with E-state index in [1.807, 2.05) is 18.4 Å². The zero-order valence-electron chi connectivity index (χ0n) is 10.9. The van der Waals surface area contributed by atoms with Crippen LogP contribution < -0.4 is 4.74 Å². The second-order valence-corrected chi connectivity index (χ2v) is 5.81. The van der Waals surface area contributed by atoms with Gasteiger partial charge in [-0.2, -0.15) is 0 Å². The van der Waals surface area contributed by atoms with Crippen molar-refractivity contribution < 1.29 is 9.84 Å². The van der Waals surface area contributed by atoms with Crippen LogP contribution in [0.1, 0.15) is 34.4 Å². The van der Waals surface area contributed by atoms with E-state index >= 15 is 0 Å². The largest absolute Gasteiger partial charge is 0.493 e. The molecule has 2 heterocycles. The molecule has 1 unspecified atom stereocenters. The van der Waals surface area contributed by atoms with Crippen molar-refractivity contribution in [2.45, 2.75) is 32.3 Å². The van der Waals surface area contributed by atoms with Crippen molar-refractivity contribution in [1.29, 1.82) is 0 Å². The highest BCUT2D eigenvalue weighted by Gasteiger charge is 2.14. The quantitative estimate of drug-likeness (QED) is 0.932. The Balaban J connectivity index is 1.63. The number of aromatic nitrogens is 1. The van der Waals surface area contributed by atoms with Gasteiger partial charge in [0.05, 0.1) is 6.61 Å². The molecule has 1 N–H and O–H groups in total. The lowest BCUT2D eigenvalue weighted by Crippen LogP contribution is -1.99. The van der Waals surface area contributed by atoms with Crippen LogP contribution in [0.4, 0.5) is 0 Å². The maximum Gasteiger partial charge on any atom is 0.122 e. The van der Waals surface area contributed by atoms with Gasteiger partial charge in [0.15, 0.2) is 0 Å². The van der Waals surface area contributed by atoms with Crippen LogP contribution in [0.3, 0.4) is 0 Å². The van der Waals surface area contributed by atoms with Gasteiger partial charge < -0.3 is 9.84 Å². The minimum atomic E-state index is -0.455. The van der Waals surface area contributed by atoms with Crippen LogP contribution in [0.25, 0.3) is 0 Å². The van der Waals surface area contributed by atoms with E-state index in [-0.39, 0.29) is 0 Å². The molecule has 19 heavy (non-hydrogen) atoms. The average molecular weight is 275 g/mol. The molecule has 0 fully saturated rings. The van der Waals surface area contributed by atoms with E-state index < -0.39 is 6.10 Å². The molecule has 3 nitrogen and oxygen atoms in total. The lowest BCUT2D eigenvalue weighted by molar-refractivity contribution is 0.167. The number of rotatable bonds is 4.